The summed E-state index contributed by atoms with van der Waals surface area (Å²) >= 11 is 0. The zero-order chi connectivity index (χ0) is 21.1. The van der Waals surface area contributed by atoms with Crippen LogP contribution in [-0.2, 0) is 6.54 Å². The molecule has 0 radical (unpaired) electrons. The van der Waals surface area contributed by atoms with E-state index < -0.39 is 11.7 Å². The molecule has 0 saturated heterocycles. The highest BCUT2D eigenvalue weighted by molar-refractivity contribution is 14.0. The van der Waals surface area contributed by atoms with E-state index in [1.54, 1.807) is 19.2 Å². The minimum Gasteiger partial charge on any atom is -0.493 e. The lowest BCUT2D eigenvalue weighted by molar-refractivity contribution is 0.0950. The zero-order valence-electron chi connectivity index (χ0n) is 17.6. The number of hydrogen-bond acceptors (Lipinski definition) is 3. The molecule has 0 unspecified atom stereocenters. The first-order valence-corrected chi connectivity index (χ1v) is 9.74. The maximum absolute atomic E-state index is 13.6. The maximum atomic E-state index is 13.6. The van der Waals surface area contributed by atoms with Crippen LogP contribution < -0.4 is 20.7 Å². The van der Waals surface area contributed by atoms with Crippen molar-refractivity contribution in [2.24, 2.45) is 4.99 Å². The van der Waals surface area contributed by atoms with Gasteiger partial charge in [-0.1, -0.05) is 31.2 Å². The van der Waals surface area contributed by atoms with Crippen LogP contribution in [0.25, 0.3) is 0 Å². The Morgan fingerprint density at radius 2 is 1.83 bits per heavy atom. The van der Waals surface area contributed by atoms with Crippen LogP contribution in [0.2, 0.25) is 0 Å². The Balaban J connectivity index is 0.00000450. The summed E-state index contributed by atoms with van der Waals surface area (Å²) < 4.78 is 19.4. The van der Waals surface area contributed by atoms with Crippen molar-refractivity contribution in [3.63, 3.8) is 0 Å². The monoisotopic (exact) mass is 528 g/mol. The fraction of sp³-hybridized carbons (Fsp3) is 0.364. The van der Waals surface area contributed by atoms with Gasteiger partial charge in [0.05, 0.1) is 12.2 Å². The minimum atomic E-state index is -0.533. The molecule has 0 spiro atoms. The van der Waals surface area contributed by atoms with Crippen molar-refractivity contribution in [2.75, 3.05) is 26.7 Å². The number of nitrogens with zero attached hydrogens (tertiary/aromatic N) is 1. The van der Waals surface area contributed by atoms with Crippen LogP contribution in [0.15, 0.2) is 47.5 Å². The first kappa shape index (κ1) is 25.7. The summed E-state index contributed by atoms with van der Waals surface area (Å²) in [6, 6.07) is 12.0. The first-order chi connectivity index (χ1) is 14.0. The Morgan fingerprint density at radius 3 is 2.53 bits per heavy atom. The van der Waals surface area contributed by atoms with Gasteiger partial charge in [-0.05, 0) is 37.1 Å². The fourth-order valence-electron chi connectivity index (χ4n) is 2.65. The van der Waals surface area contributed by atoms with Crippen LogP contribution in [0, 0.1) is 12.7 Å². The largest absolute Gasteiger partial charge is 0.493 e. The van der Waals surface area contributed by atoms with Gasteiger partial charge in [0.2, 0.25) is 0 Å². The van der Waals surface area contributed by atoms with Gasteiger partial charge in [-0.3, -0.25) is 9.79 Å². The second kappa shape index (κ2) is 13.8. The van der Waals surface area contributed by atoms with E-state index in [-0.39, 0.29) is 29.5 Å². The van der Waals surface area contributed by atoms with Gasteiger partial charge in [-0.15, -0.1) is 24.0 Å². The lowest BCUT2D eigenvalue weighted by atomic mass is 10.1. The topological polar surface area (TPSA) is 74.8 Å². The quantitative estimate of drug-likeness (QED) is 0.201. The van der Waals surface area contributed by atoms with E-state index in [4.69, 9.17) is 4.74 Å². The van der Waals surface area contributed by atoms with Crippen molar-refractivity contribution in [1.29, 1.82) is 0 Å². The molecular formula is C22H30FIN4O2. The third-order valence-corrected chi connectivity index (χ3v) is 4.18. The molecule has 0 atom stereocenters. The van der Waals surface area contributed by atoms with Gasteiger partial charge < -0.3 is 20.7 Å². The van der Waals surface area contributed by atoms with Gasteiger partial charge in [0.1, 0.15) is 11.6 Å². The molecule has 2 aromatic rings. The molecule has 0 aliphatic heterocycles. The Morgan fingerprint density at radius 1 is 1.10 bits per heavy atom. The molecule has 2 aromatic carbocycles. The normalized spacial score (nSPS) is 10.7. The number of amides is 1. The third-order valence-electron chi connectivity index (χ3n) is 4.18. The highest BCUT2D eigenvalue weighted by Crippen LogP contribution is 2.20. The van der Waals surface area contributed by atoms with E-state index in [0.717, 1.165) is 23.3 Å². The number of carbonyl (C=O) groups excluding carboxylic acids is 1. The van der Waals surface area contributed by atoms with E-state index in [1.165, 1.54) is 12.1 Å². The van der Waals surface area contributed by atoms with Crippen LogP contribution in [-0.4, -0.2) is 38.6 Å². The zero-order valence-corrected chi connectivity index (χ0v) is 20.0. The van der Waals surface area contributed by atoms with Crippen LogP contribution in [0.5, 0.6) is 5.75 Å². The summed E-state index contributed by atoms with van der Waals surface area (Å²) in [5.74, 6) is 0.499. The van der Waals surface area contributed by atoms with Crippen molar-refractivity contribution in [3.05, 3.63) is 65.0 Å². The number of halogens is 2. The van der Waals surface area contributed by atoms with Crippen molar-refractivity contribution in [2.45, 2.75) is 26.8 Å². The van der Waals surface area contributed by atoms with Gasteiger partial charge in [0.25, 0.3) is 5.91 Å². The smallest absolute Gasteiger partial charge is 0.254 e. The molecule has 6 nitrogen and oxygen atoms in total. The summed E-state index contributed by atoms with van der Waals surface area (Å²) in [6.07, 6.45) is 0.947. The predicted molar refractivity (Wildman–Crippen MR) is 129 cm³/mol. The number of aryl methyl sites for hydroxylation is 1. The lowest BCUT2D eigenvalue weighted by Gasteiger charge is -2.15. The number of benzene rings is 2. The Hall–Kier alpha value is -2.36. The predicted octanol–water partition coefficient (Wildman–Crippen LogP) is 3.64. The van der Waals surface area contributed by atoms with Gasteiger partial charge in [0.15, 0.2) is 5.96 Å². The Bertz CT molecular complexity index is 846. The number of ether oxygens (including phenoxy) is 1. The molecule has 2 rings (SSSR count). The number of rotatable bonds is 9. The van der Waals surface area contributed by atoms with Crippen molar-refractivity contribution in [3.8, 4) is 5.75 Å². The molecule has 30 heavy (non-hydrogen) atoms. The summed E-state index contributed by atoms with van der Waals surface area (Å²) in [7, 11) is 1.68. The first-order valence-electron chi connectivity index (χ1n) is 9.74. The van der Waals surface area contributed by atoms with Crippen LogP contribution in [0.1, 0.15) is 34.8 Å². The lowest BCUT2D eigenvalue weighted by Crippen LogP contribution is -2.41. The molecule has 0 heterocycles. The average Bonchev–Trinajstić information content (AvgIpc) is 2.72. The van der Waals surface area contributed by atoms with Crippen molar-refractivity contribution in [1.82, 2.24) is 16.0 Å². The van der Waals surface area contributed by atoms with E-state index in [0.29, 0.717) is 32.2 Å². The van der Waals surface area contributed by atoms with E-state index in [2.05, 4.69) is 27.9 Å². The molecule has 164 valence electrons. The highest BCUT2D eigenvalue weighted by Gasteiger charge is 2.10. The third kappa shape index (κ3) is 8.17. The molecule has 1 amide bonds. The van der Waals surface area contributed by atoms with Crippen molar-refractivity contribution >= 4 is 35.8 Å². The summed E-state index contributed by atoms with van der Waals surface area (Å²) in [5, 5.41) is 9.05. The summed E-state index contributed by atoms with van der Waals surface area (Å²) in [5.41, 5.74) is 2.22. The van der Waals surface area contributed by atoms with Gasteiger partial charge in [-0.25, -0.2) is 4.39 Å². The molecule has 0 aliphatic carbocycles. The van der Waals surface area contributed by atoms with Crippen molar-refractivity contribution < 1.29 is 13.9 Å². The number of aliphatic imine (C=N–C) groups is 1. The average molecular weight is 528 g/mol. The SMILES string of the molecule is CCCOc1cc(C)ccc1CNC(=NC)NCCNC(=O)c1ccccc1F.I. The van der Waals surface area contributed by atoms with Crippen LogP contribution in [0.3, 0.4) is 0 Å². The highest BCUT2D eigenvalue weighted by atomic mass is 127. The molecule has 8 heteroatoms. The van der Waals surface area contributed by atoms with E-state index >= 15 is 0 Å². The summed E-state index contributed by atoms with van der Waals surface area (Å²) in [4.78, 5) is 16.2. The number of hydrogen-bond donors (Lipinski definition) is 3. The van der Waals surface area contributed by atoms with Gasteiger partial charge >= 0.3 is 0 Å². The molecule has 0 saturated carbocycles. The minimum absolute atomic E-state index is 0. The Labute approximate surface area is 194 Å². The molecule has 0 aliphatic rings. The molecule has 0 fully saturated rings. The van der Waals surface area contributed by atoms with Crippen LogP contribution >= 0.6 is 24.0 Å². The molecule has 0 bridgehead atoms. The van der Waals surface area contributed by atoms with Gasteiger partial charge in [-0.2, -0.15) is 0 Å². The van der Waals surface area contributed by atoms with Gasteiger partial charge in [0, 0.05) is 32.2 Å². The molecule has 3 N–H and O–H groups in total. The molecule has 0 aromatic heterocycles. The molecular weight excluding hydrogens is 498 g/mol. The second-order valence-electron chi connectivity index (χ2n) is 6.55. The number of nitrogens with one attached hydrogen (secondary N) is 3. The standard InChI is InChI=1S/C22H29FN4O2.HI/c1-4-13-29-20-14-16(2)9-10-17(20)15-27-22(24-3)26-12-11-25-21(28)18-7-5-6-8-19(18)23;/h5-10,14H,4,11-13,15H2,1-3H3,(H,25,28)(H2,24,26,27);1H. The number of guanidine groups is 1. The van der Waals surface area contributed by atoms with E-state index in [1.807, 2.05) is 25.1 Å². The van der Waals surface area contributed by atoms with Crippen LogP contribution in [0.4, 0.5) is 4.39 Å². The second-order valence-corrected chi connectivity index (χ2v) is 6.55. The Kier molecular flexibility index (Phi) is 11.8. The summed E-state index contributed by atoms with van der Waals surface area (Å²) in [6.45, 7) is 6.12. The number of carbonyl (C=O) groups is 1. The maximum Gasteiger partial charge on any atom is 0.254 e. The van der Waals surface area contributed by atoms with E-state index in [9.17, 15) is 9.18 Å². The fourth-order valence-corrected chi connectivity index (χ4v) is 2.65.